The first-order valence-corrected chi connectivity index (χ1v) is 3.19. The van der Waals surface area contributed by atoms with Gasteiger partial charge in [0.25, 0.3) is 0 Å². The van der Waals surface area contributed by atoms with Crippen LogP contribution < -0.4 is 0 Å². The van der Waals surface area contributed by atoms with E-state index in [4.69, 9.17) is 5.11 Å². The fourth-order valence-electron chi connectivity index (χ4n) is 0.868. The van der Waals surface area contributed by atoms with Crippen LogP contribution in [0.3, 0.4) is 0 Å². The molecule has 65 valence electrons. The second-order valence-electron chi connectivity index (χ2n) is 2.21. The first-order valence-electron chi connectivity index (χ1n) is 3.19. The summed E-state index contributed by atoms with van der Waals surface area (Å²) in [6, 6.07) is 4.82. The Kier molecular flexibility index (Phi) is 2.38. The summed E-state index contributed by atoms with van der Waals surface area (Å²) < 4.78 is 36.3. The Balaban J connectivity index is 3.14. The highest BCUT2D eigenvalue weighted by Crippen LogP contribution is 2.31. The van der Waals surface area contributed by atoms with E-state index in [0.29, 0.717) is 6.61 Å². The molecule has 12 heavy (non-hydrogen) atoms. The van der Waals surface area contributed by atoms with E-state index in [1.165, 1.54) is 18.2 Å². The number of aliphatic hydroxyl groups is 1. The second kappa shape index (κ2) is 3.15. The lowest BCUT2D eigenvalue weighted by Crippen LogP contribution is -2.07. The third-order valence-corrected chi connectivity index (χ3v) is 1.41. The second-order valence-corrected chi connectivity index (χ2v) is 2.21. The van der Waals surface area contributed by atoms with Gasteiger partial charge in [0, 0.05) is 0 Å². The van der Waals surface area contributed by atoms with Crippen LogP contribution in [0.4, 0.5) is 13.2 Å². The van der Waals surface area contributed by atoms with Gasteiger partial charge in [-0.3, -0.25) is 0 Å². The summed E-state index contributed by atoms with van der Waals surface area (Å²) in [5.74, 6) is 0. The Bertz CT molecular complexity index is 267. The van der Waals surface area contributed by atoms with Crippen molar-refractivity contribution in [3.8, 4) is 0 Å². The molecule has 0 fully saturated rings. The fourth-order valence-corrected chi connectivity index (χ4v) is 0.868. The maximum atomic E-state index is 12.1. The predicted octanol–water partition coefficient (Wildman–Crippen LogP) is 2.59. The average molecular weight is 175 g/mol. The highest BCUT2D eigenvalue weighted by atomic mass is 19.4. The van der Waals surface area contributed by atoms with E-state index in [0.717, 1.165) is 6.07 Å². The van der Waals surface area contributed by atoms with Gasteiger partial charge in [0.15, 0.2) is 0 Å². The van der Waals surface area contributed by atoms with Crippen molar-refractivity contribution in [3.63, 3.8) is 0 Å². The number of benzene rings is 1. The van der Waals surface area contributed by atoms with Gasteiger partial charge in [0.2, 0.25) is 0 Å². The molecule has 0 amide bonds. The van der Waals surface area contributed by atoms with E-state index < -0.39 is 11.7 Å². The molecule has 0 unspecified atom stereocenters. The Labute approximate surface area is 67.5 Å². The summed E-state index contributed by atoms with van der Waals surface area (Å²) in [6.45, 7) is 0.447. The summed E-state index contributed by atoms with van der Waals surface area (Å²) in [5, 5.41) is 8.46. The molecule has 0 aliphatic rings. The minimum atomic E-state index is -4.41. The van der Waals surface area contributed by atoms with E-state index in [-0.39, 0.29) is 5.56 Å². The number of alkyl halides is 3. The minimum absolute atomic E-state index is 0.218. The smallest absolute Gasteiger partial charge is 0.385 e. The first kappa shape index (κ1) is 9.06. The van der Waals surface area contributed by atoms with Gasteiger partial charge in [-0.2, -0.15) is 13.2 Å². The van der Waals surface area contributed by atoms with Crippen molar-refractivity contribution in [1.82, 2.24) is 0 Å². The monoisotopic (exact) mass is 175 g/mol. The maximum Gasteiger partial charge on any atom is 0.416 e. The molecular formula is C8H6F3O. The molecule has 0 aliphatic heterocycles. The maximum absolute atomic E-state index is 12.1. The molecule has 1 nitrogen and oxygen atoms in total. The van der Waals surface area contributed by atoms with E-state index >= 15 is 0 Å². The number of hydrogen-bond acceptors (Lipinski definition) is 1. The number of halogens is 3. The molecular weight excluding hydrogens is 169 g/mol. The van der Waals surface area contributed by atoms with Crippen LogP contribution in [0.25, 0.3) is 0 Å². The van der Waals surface area contributed by atoms with Crippen molar-refractivity contribution in [2.75, 3.05) is 0 Å². The molecule has 0 bridgehead atoms. The van der Waals surface area contributed by atoms with E-state index in [1.54, 1.807) is 0 Å². The Morgan fingerprint density at radius 1 is 1.17 bits per heavy atom. The number of rotatable bonds is 1. The molecule has 0 saturated heterocycles. The van der Waals surface area contributed by atoms with Crippen LogP contribution in [0.15, 0.2) is 24.3 Å². The summed E-state index contributed by atoms with van der Waals surface area (Å²) in [4.78, 5) is 0. The molecule has 1 aromatic carbocycles. The topological polar surface area (TPSA) is 20.2 Å². The van der Waals surface area contributed by atoms with E-state index in [1.807, 2.05) is 0 Å². The van der Waals surface area contributed by atoms with Crippen molar-refractivity contribution < 1.29 is 18.3 Å². The molecule has 0 saturated carbocycles. The molecule has 1 aromatic rings. The van der Waals surface area contributed by atoms with Crippen LogP contribution in [0.1, 0.15) is 11.1 Å². The van der Waals surface area contributed by atoms with Gasteiger partial charge < -0.3 is 5.11 Å². The molecule has 1 rings (SSSR count). The zero-order valence-corrected chi connectivity index (χ0v) is 5.97. The molecule has 1 N–H and O–H groups in total. The molecule has 0 atom stereocenters. The van der Waals surface area contributed by atoms with Crippen LogP contribution in [-0.2, 0) is 6.18 Å². The third kappa shape index (κ3) is 1.76. The highest BCUT2D eigenvalue weighted by Gasteiger charge is 2.32. The van der Waals surface area contributed by atoms with Crippen molar-refractivity contribution >= 4 is 0 Å². The Morgan fingerprint density at radius 2 is 1.75 bits per heavy atom. The molecule has 1 radical (unpaired) electrons. The van der Waals surface area contributed by atoms with Crippen molar-refractivity contribution in [1.29, 1.82) is 0 Å². The first-order chi connectivity index (χ1) is 5.55. The van der Waals surface area contributed by atoms with Crippen LogP contribution in [0.2, 0.25) is 0 Å². The highest BCUT2D eigenvalue weighted by molar-refractivity contribution is 5.33. The van der Waals surface area contributed by atoms with Gasteiger partial charge in [-0.05, 0) is 11.6 Å². The van der Waals surface area contributed by atoms with E-state index in [9.17, 15) is 13.2 Å². The van der Waals surface area contributed by atoms with Crippen LogP contribution in [0, 0.1) is 6.61 Å². The van der Waals surface area contributed by atoms with Gasteiger partial charge in [-0.15, -0.1) is 0 Å². The molecule has 4 heteroatoms. The summed E-state index contributed by atoms with van der Waals surface area (Å²) in [6.07, 6.45) is -4.41. The average Bonchev–Trinajstić information content (AvgIpc) is 2.03. The molecule has 0 aromatic heterocycles. The Hall–Kier alpha value is -1.03. The lowest BCUT2D eigenvalue weighted by atomic mass is 10.1. The van der Waals surface area contributed by atoms with Gasteiger partial charge >= 0.3 is 6.18 Å². The van der Waals surface area contributed by atoms with Crippen molar-refractivity contribution in [2.24, 2.45) is 0 Å². The van der Waals surface area contributed by atoms with Crippen LogP contribution in [-0.4, -0.2) is 5.11 Å². The lowest BCUT2D eigenvalue weighted by Gasteiger charge is -2.09. The van der Waals surface area contributed by atoms with E-state index in [2.05, 4.69) is 0 Å². The third-order valence-electron chi connectivity index (χ3n) is 1.41. The zero-order valence-electron chi connectivity index (χ0n) is 5.97. The van der Waals surface area contributed by atoms with Gasteiger partial charge in [0.05, 0.1) is 5.56 Å². The predicted molar refractivity (Wildman–Crippen MR) is 36.8 cm³/mol. The molecule has 0 heterocycles. The molecule has 0 aliphatic carbocycles. The normalized spacial score (nSPS) is 11.7. The van der Waals surface area contributed by atoms with Crippen LogP contribution >= 0.6 is 0 Å². The zero-order chi connectivity index (χ0) is 9.19. The summed E-state index contributed by atoms with van der Waals surface area (Å²) in [5.41, 5.74) is -1.04. The summed E-state index contributed by atoms with van der Waals surface area (Å²) >= 11 is 0. The minimum Gasteiger partial charge on any atom is -0.385 e. The van der Waals surface area contributed by atoms with Crippen LogP contribution in [0.5, 0.6) is 0 Å². The number of hydrogen-bond donors (Lipinski definition) is 1. The lowest BCUT2D eigenvalue weighted by molar-refractivity contribution is -0.138. The standard InChI is InChI=1S/C8H6F3O/c9-8(10,11)7-4-2-1-3-6(7)5-12/h1-5,12H. The van der Waals surface area contributed by atoms with Gasteiger partial charge in [-0.25, -0.2) is 0 Å². The molecule has 0 spiro atoms. The van der Waals surface area contributed by atoms with Gasteiger partial charge in [-0.1, -0.05) is 18.2 Å². The fraction of sp³-hybridized carbons (Fsp3) is 0.125. The largest absolute Gasteiger partial charge is 0.416 e. The van der Waals surface area contributed by atoms with Crippen molar-refractivity contribution in [2.45, 2.75) is 6.18 Å². The summed E-state index contributed by atoms with van der Waals surface area (Å²) in [7, 11) is 0. The quantitative estimate of drug-likeness (QED) is 0.695. The number of aliphatic hydroxyl groups excluding tert-OH is 1. The van der Waals surface area contributed by atoms with Crippen molar-refractivity contribution in [3.05, 3.63) is 42.0 Å². The SMILES string of the molecule is O[CH]c1ccccc1C(F)(F)F. The Morgan fingerprint density at radius 3 is 2.17 bits per heavy atom. The van der Waals surface area contributed by atoms with Gasteiger partial charge in [0.1, 0.15) is 6.61 Å².